The first kappa shape index (κ1) is 14.8. The predicted molar refractivity (Wildman–Crippen MR) is 85.1 cm³/mol. The zero-order chi connectivity index (χ0) is 16.1. The summed E-state index contributed by atoms with van der Waals surface area (Å²) in [5.41, 5.74) is 0.805. The number of benzene rings is 2. The van der Waals surface area contributed by atoms with Crippen LogP contribution in [0.25, 0.3) is 6.08 Å². The van der Waals surface area contributed by atoms with E-state index in [4.69, 9.17) is 9.47 Å². The van der Waals surface area contributed by atoms with Crippen molar-refractivity contribution in [3.63, 3.8) is 0 Å². The largest absolute Gasteiger partial charge is 0.457 e. The maximum atomic E-state index is 11.9. The van der Waals surface area contributed by atoms with Gasteiger partial charge in [-0.2, -0.15) is 0 Å². The van der Waals surface area contributed by atoms with Crippen molar-refractivity contribution in [3.05, 3.63) is 66.2 Å². The van der Waals surface area contributed by atoms with Gasteiger partial charge in [0.2, 0.25) is 0 Å². The van der Waals surface area contributed by atoms with Crippen molar-refractivity contribution in [1.82, 2.24) is 4.90 Å². The number of cyclic esters (lactones) is 1. The van der Waals surface area contributed by atoms with Gasteiger partial charge in [-0.3, -0.25) is 4.79 Å². The third-order valence-corrected chi connectivity index (χ3v) is 3.28. The molecule has 3 rings (SSSR count). The number of ether oxygens (including phenoxy) is 2. The van der Waals surface area contributed by atoms with Crippen molar-refractivity contribution in [2.45, 2.75) is 0 Å². The maximum Gasteiger partial charge on any atom is 0.416 e. The van der Waals surface area contributed by atoms with Gasteiger partial charge in [0, 0.05) is 6.08 Å². The molecule has 5 heteroatoms. The molecule has 0 aliphatic carbocycles. The van der Waals surface area contributed by atoms with Crippen LogP contribution in [0.1, 0.15) is 5.56 Å². The van der Waals surface area contributed by atoms with E-state index in [0.29, 0.717) is 12.3 Å². The Kier molecular flexibility index (Phi) is 4.38. The number of rotatable bonds is 4. The van der Waals surface area contributed by atoms with Crippen LogP contribution < -0.4 is 4.74 Å². The molecule has 5 nitrogen and oxygen atoms in total. The molecule has 1 heterocycles. The Balaban J connectivity index is 1.69. The normalized spacial score (nSPS) is 14.1. The lowest BCUT2D eigenvalue weighted by Gasteiger charge is -2.07. The number of carbonyl (C=O) groups is 2. The standard InChI is InChI=1S/C18H15NO4/c20-17(19-11-12-22-18(19)21)10-9-14-5-4-8-16(13-14)23-15-6-2-1-3-7-15/h1-10,13H,11-12H2. The first-order chi connectivity index (χ1) is 11.2. The molecule has 1 aliphatic heterocycles. The summed E-state index contributed by atoms with van der Waals surface area (Å²) in [5.74, 6) is 1.03. The molecule has 0 atom stereocenters. The van der Waals surface area contributed by atoms with Crippen LogP contribution in [0.15, 0.2) is 60.7 Å². The van der Waals surface area contributed by atoms with Gasteiger partial charge in [-0.05, 0) is 35.9 Å². The van der Waals surface area contributed by atoms with Crippen molar-refractivity contribution in [2.75, 3.05) is 13.2 Å². The minimum absolute atomic E-state index is 0.249. The van der Waals surface area contributed by atoms with E-state index < -0.39 is 6.09 Å². The lowest BCUT2D eigenvalue weighted by atomic mass is 10.2. The van der Waals surface area contributed by atoms with Crippen LogP contribution in [-0.4, -0.2) is 30.1 Å². The van der Waals surface area contributed by atoms with Gasteiger partial charge in [-0.1, -0.05) is 30.3 Å². The lowest BCUT2D eigenvalue weighted by molar-refractivity contribution is -0.122. The molecule has 2 aromatic carbocycles. The molecule has 1 fully saturated rings. The second-order valence-electron chi connectivity index (χ2n) is 4.93. The average Bonchev–Trinajstić information content (AvgIpc) is 3.00. The van der Waals surface area contributed by atoms with Gasteiger partial charge in [0.25, 0.3) is 5.91 Å². The molecule has 0 saturated carbocycles. The Labute approximate surface area is 133 Å². The lowest BCUT2D eigenvalue weighted by Crippen LogP contribution is -2.29. The Morgan fingerprint density at radius 3 is 2.61 bits per heavy atom. The number of para-hydroxylation sites is 1. The maximum absolute atomic E-state index is 11.9. The van der Waals surface area contributed by atoms with Crippen molar-refractivity contribution in [1.29, 1.82) is 0 Å². The van der Waals surface area contributed by atoms with Crippen LogP contribution in [0.5, 0.6) is 11.5 Å². The molecule has 0 aromatic heterocycles. The molecular weight excluding hydrogens is 294 g/mol. The number of hydrogen-bond donors (Lipinski definition) is 0. The topological polar surface area (TPSA) is 55.8 Å². The molecule has 23 heavy (non-hydrogen) atoms. The number of amides is 2. The summed E-state index contributed by atoms with van der Waals surface area (Å²) in [6.45, 7) is 0.540. The number of nitrogens with zero attached hydrogens (tertiary/aromatic N) is 1. The molecule has 0 spiro atoms. The minimum Gasteiger partial charge on any atom is -0.457 e. The van der Waals surface area contributed by atoms with Crippen molar-refractivity contribution >= 4 is 18.1 Å². The number of carbonyl (C=O) groups excluding carboxylic acids is 2. The first-order valence-electron chi connectivity index (χ1n) is 7.22. The average molecular weight is 309 g/mol. The summed E-state index contributed by atoms with van der Waals surface area (Å²) >= 11 is 0. The zero-order valence-corrected chi connectivity index (χ0v) is 12.3. The van der Waals surface area contributed by atoms with Crippen molar-refractivity contribution in [3.8, 4) is 11.5 Å². The first-order valence-corrected chi connectivity index (χ1v) is 7.22. The van der Waals surface area contributed by atoms with Gasteiger partial charge in [-0.25, -0.2) is 9.69 Å². The van der Waals surface area contributed by atoms with Crippen LogP contribution in [-0.2, 0) is 9.53 Å². The van der Waals surface area contributed by atoms with E-state index in [1.165, 1.54) is 6.08 Å². The summed E-state index contributed by atoms with van der Waals surface area (Å²) in [6, 6.07) is 16.8. The fourth-order valence-electron chi connectivity index (χ4n) is 2.16. The molecule has 0 radical (unpaired) electrons. The van der Waals surface area contributed by atoms with Crippen LogP contribution in [0.3, 0.4) is 0 Å². The van der Waals surface area contributed by atoms with Gasteiger partial charge in [-0.15, -0.1) is 0 Å². The van der Waals surface area contributed by atoms with Crippen molar-refractivity contribution in [2.24, 2.45) is 0 Å². The van der Waals surface area contributed by atoms with Crippen LogP contribution in [0, 0.1) is 0 Å². The van der Waals surface area contributed by atoms with Gasteiger partial charge in [0.05, 0.1) is 6.54 Å². The quantitative estimate of drug-likeness (QED) is 0.812. The van der Waals surface area contributed by atoms with E-state index in [2.05, 4.69) is 0 Å². The fraction of sp³-hybridized carbons (Fsp3) is 0.111. The fourth-order valence-corrected chi connectivity index (χ4v) is 2.16. The molecule has 2 amide bonds. The van der Waals surface area contributed by atoms with Gasteiger partial charge >= 0.3 is 6.09 Å². The van der Waals surface area contributed by atoms with Crippen LogP contribution in [0.4, 0.5) is 4.79 Å². The van der Waals surface area contributed by atoms with E-state index in [1.807, 2.05) is 54.6 Å². The highest BCUT2D eigenvalue weighted by molar-refractivity contribution is 6.01. The molecule has 0 unspecified atom stereocenters. The Morgan fingerprint density at radius 2 is 1.87 bits per heavy atom. The number of imide groups is 1. The highest BCUT2D eigenvalue weighted by atomic mass is 16.6. The molecule has 1 saturated heterocycles. The van der Waals surface area contributed by atoms with Crippen LogP contribution in [0.2, 0.25) is 0 Å². The van der Waals surface area contributed by atoms with E-state index in [9.17, 15) is 9.59 Å². The highest BCUT2D eigenvalue weighted by Gasteiger charge is 2.26. The van der Waals surface area contributed by atoms with Gasteiger partial charge in [0.1, 0.15) is 18.1 Å². The monoisotopic (exact) mass is 309 g/mol. The van der Waals surface area contributed by atoms with E-state index in [-0.39, 0.29) is 12.5 Å². The SMILES string of the molecule is O=C(C=Cc1cccc(Oc2ccccc2)c1)N1CCOC1=O. The molecular formula is C18H15NO4. The van der Waals surface area contributed by atoms with Gasteiger partial charge < -0.3 is 9.47 Å². The summed E-state index contributed by atoms with van der Waals surface area (Å²) in [4.78, 5) is 24.3. The smallest absolute Gasteiger partial charge is 0.416 e. The predicted octanol–water partition coefficient (Wildman–Crippen LogP) is 3.47. The second kappa shape index (κ2) is 6.79. The Morgan fingerprint density at radius 1 is 1.09 bits per heavy atom. The van der Waals surface area contributed by atoms with E-state index in [1.54, 1.807) is 6.08 Å². The zero-order valence-electron chi connectivity index (χ0n) is 12.3. The van der Waals surface area contributed by atoms with E-state index >= 15 is 0 Å². The molecule has 0 bridgehead atoms. The van der Waals surface area contributed by atoms with Gasteiger partial charge in [0.15, 0.2) is 0 Å². The molecule has 116 valence electrons. The summed E-state index contributed by atoms with van der Waals surface area (Å²) in [5, 5.41) is 0. The number of hydrogen-bond acceptors (Lipinski definition) is 4. The van der Waals surface area contributed by atoms with E-state index in [0.717, 1.165) is 16.2 Å². The van der Waals surface area contributed by atoms with Crippen molar-refractivity contribution < 1.29 is 19.1 Å². The second-order valence-corrected chi connectivity index (χ2v) is 4.93. The highest BCUT2D eigenvalue weighted by Crippen LogP contribution is 2.22. The third-order valence-electron chi connectivity index (χ3n) is 3.28. The van der Waals surface area contributed by atoms with Crippen LogP contribution >= 0.6 is 0 Å². The summed E-state index contributed by atoms with van der Waals surface area (Å²) in [7, 11) is 0. The molecule has 0 N–H and O–H groups in total. The minimum atomic E-state index is -0.596. The Hall–Kier alpha value is -3.08. The molecule has 2 aromatic rings. The summed E-state index contributed by atoms with van der Waals surface area (Å²) < 4.78 is 10.5. The molecule has 1 aliphatic rings. The summed E-state index contributed by atoms with van der Waals surface area (Å²) in [6.07, 6.45) is 2.40. The Bertz CT molecular complexity index is 740. The third kappa shape index (κ3) is 3.77.